The number of benzene rings is 2. The van der Waals surface area contributed by atoms with Crippen LogP contribution in [0.2, 0.25) is 0 Å². The topological polar surface area (TPSA) is 68.1 Å². The second-order valence-electron chi connectivity index (χ2n) is 6.42. The number of hydrogen-bond donors (Lipinski definition) is 2. The molecule has 0 fully saturated rings. The Kier molecular flexibility index (Phi) is 5.30. The molecule has 0 aliphatic carbocycles. The van der Waals surface area contributed by atoms with Gasteiger partial charge in [0.15, 0.2) is 0 Å². The zero-order valence-electron chi connectivity index (χ0n) is 15.7. The maximum Gasteiger partial charge on any atom is 0.295 e. The van der Waals surface area contributed by atoms with Gasteiger partial charge in [-0.15, -0.1) is 0 Å². The molecule has 1 atom stereocenters. The van der Waals surface area contributed by atoms with E-state index in [2.05, 4.69) is 10.6 Å². The van der Waals surface area contributed by atoms with Crippen LogP contribution in [-0.4, -0.2) is 21.3 Å². The summed E-state index contributed by atoms with van der Waals surface area (Å²) in [4.78, 5) is 25.3. The van der Waals surface area contributed by atoms with Gasteiger partial charge in [-0.3, -0.25) is 14.3 Å². The lowest BCUT2D eigenvalue weighted by Crippen LogP contribution is -2.34. The third kappa shape index (κ3) is 3.66. The Bertz CT molecular complexity index is 1070. The minimum atomic E-state index is -0.860. The lowest BCUT2D eigenvalue weighted by atomic mass is 10.2. The Labute approximate surface area is 160 Å². The molecule has 0 aliphatic rings. The van der Waals surface area contributed by atoms with E-state index >= 15 is 0 Å². The number of nitrogens with zero attached hydrogens (tertiary/aromatic N) is 2. The van der Waals surface area contributed by atoms with Gasteiger partial charge in [-0.05, 0) is 38.1 Å². The fourth-order valence-corrected chi connectivity index (χ4v) is 2.85. The molecule has 1 amide bonds. The Morgan fingerprint density at radius 2 is 1.79 bits per heavy atom. The van der Waals surface area contributed by atoms with Crippen LogP contribution in [0.1, 0.15) is 12.6 Å². The Morgan fingerprint density at radius 3 is 2.46 bits per heavy atom. The predicted molar refractivity (Wildman–Crippen MR) is 104 cm³/mol. The average molecular weight is 386 g/mol. The van der Waals surface area contributed by atoms with Gasteiger partial charge in [-0.2, -0.15) is 0 Å². The summed E-state index contributed by atoms with van der Waals surface area (Å²) in [6.45, 7) is 3.28. The first-order valence-electron chi connectivity index (χ1n) is 8.66. The number of anilines is 2. The lowest BCUT2D eigenvalue weighted by Gasteiger charge is -2.14. The van der Waals surface area contributed by atoms with Crippen LogP contribution < -0.4 is 16.2 Å². The van der Waals surface area contributed by atoms with Gasteiger partial charge in [-0.25, -0.2) is 13.5 Å². The van der Waals surface area contributed by atoms with Crippen molar-refractivity contribution in [2.45, 2.75) is 19.9 Å². The van der Waals surface area contributed by atoms with Crippen molar-refractivity contribution in [1.82, 2.24) is 9.36 Å². The van der Waals surface area contributed by atoms with Crippen LogP contribution in [0.5, 0.6) is 0 Å². The van der Waals surface area contributed by atoms with Crippen LogP contribution in [0.4, 0.5) is 20.2 Å². The van der Waals surface area contributed by atoms with Crippen molar-refractivity contribution in [2.75, 3.05) is 10.6 Å². The molecule has 0 aliphatic heterocycles. The molecule has 2 N–H and O–H groups in total. The Morgan fingerprint density at radius 1 is 1.11 bits per heavy atom. The van der Waals surface area contributed by atoms with Crippen LogP contribution in [0, 0.1) is 18.6 Å². The van der Waals surface area contributed by atoms with E-state index in [4.69, 9.17) is 0 Å². The van der Waals surface area contributed by atoms with E-state index in [0.29, 0.717) is 11.4 Å². The number of hydrogen-bond acceptors (Lipinski definition) is 3. The van der Waals surface area contributed by atoms with Crippen LogP contribution in [0.3, 0.4) is 0 Å². The maximum absolute atomic E-state index is 13.7. The number of nitrogens with one attached hydrogen (secondary N) is 2. The molecule has 0 radical (unpaired) electrons. The summed E-state index contributed by atoms with van der Waals surface area (Å²) in [5.41, 5.74) is 0.997. The van der Waals surface area contributed by atoms with E-state index in [-0.39, 0.29) is 16.9 Å². The number of carbonyl (C=O) groups is 1. The molecule has 0 saturated heterocycles. The summed E-state index contributed by atoms with van der Waals surface area (Å²) in [5.74, 6) is -2.01. The van der Waals surface area contributed by atoms with E-state index in [1.165, 1.54) is 11.6 Å². The average Bonchev–Trinajstić information content (AvgIpc) is 2.88. The quantitative estimate of drug-likeness (QED) is 0.708. The molecule has 2 aromatic carbocycles. The molecule has 3 rings (SSSR count). The monoisotopic (exact) mass is 386 g/mol. The number of carbonyl (C=O) groups excluding carboxylic acids is 1. The van der Waals surface area contributed by atoms with Crippen molar-refractivity contribution in [1.29, 1.82) is 0 Å². The highest BCUT2D eigenvalue weighted by atomic mass is 19.1. The van der Waals surface area contributed by atoms with Gasteiger partial charge in [0.2, 0.25) is 5.91 Å². The van der Waals surface area contributed by atoms with Gasteiger partial charge in [0, 0.05) is 13.1 Å². The number of halogens is 2. The van der Waals surface area contributed by atoms with Gasteiger partial charge in [-0.1, -0.05) is 18.2 Å². The molecule has 0 saturated carbocycles. The summed E-state index contributed by atoms with van der Waals surface area (Å²) in [5, 5.41) is 5.21. The Balaban J connectivity index is 1.84. The SMILES string of the molecule is Cc1c(NC(C)C(=O)Nc2cc(F)ccc2F)c(=O)n(-c2ccccc2)n1C. The summed E-state index contributed by atoms with van der Waals surface area (Å²) in [6, 6.07) is 11.0. The zero-order chi connectivity index (χ0) is 20.4. The van der Waals surface area contributed by atoms with E-state index in [9.17, 15) is 18.4 Å². The van der Waals surface area contributed by atoms with Gasteiger partial charge in [0.1, 0.15) is 23.4 Å². The smallest absolute Gasteiger partial charge is 0.295 e. The highest BCUT2D eigenvalue weighted by Crippen LogP contribution is 2.17. The van der Waals surface area contributed by atoms with Crippen LogP contribution in [0.15, 0.2) is 53.3 Å². The summed E-state index contributed by atoms with van der Waals surface area (Å²) in [7, 11) is 1.74. The molecule has 0 spiro atoms. The molecule has 1 unspecified atom stereocenters. The highest BCUT2D eigenvalue weighted by Gasteiger charge is 2.21. The minimum Gasteiger partial charge on any atom is -0.368 e. The van der Waals surface area contributed by atoms with Crippen molar-refractivity contribution in [3.8, 4) is 5.69 Å². The zero-order valence-corrected chi connectivity index (χ0v) is 15.7. The normalized spacial score (nSPS) is 11.9. The molecular formula is C20H20F2N4O2. The summed E-state index contributed by atoms with van der Waals surface area (Å²) < 4.78 is 30.2. The van der Waals surface area contributed by atoms with Crippen molar-refractivity contribution in [3.05, 3.63) is 76.2 Å². The van der Waals surface area contributed by atoms with Gasteiger partial charge >= 0.3 is 0 Å². The second kappa shape index (κ2) is 7.67. The van der Waals surface area contributed by atoms with Gasteiger partial charge < -0.3 is 10.6 Å². The fourth-order valence-electron chi connectivity index (χ4n) is 2.85. The third-order valence-electron chi connectivity index (χ3n) is 4.49. The molecule has 1 aromatic heterocycles. The second-order valence-corrected chi connectivity index (χ2v) is 6.42. The van der Waals surface area contributed by atoms with Gasteiger partial charge in [0.05, 0.1) is 17.1 Å². The molecule has 8 heteroatoms. The molecule has 6 nitrogen and oxygen atoms in total. The molecule has 3 aromatic rings. The van der Waals surface area contributed by atoms with E-state index in [0.717, 1.165) is 18.2 Å². The maximum atomic E-state index is 13.7. The number of aromatic nitrogens is 2. The third-order valence-corrected chi connectivity index (χ3v) is 4.49. The van der Waals surface area contributed by atoms with Crippen LogP contribution in [0.25, 0.3) is 5.69 Å². The number of para-hydroxylation sites is 1. The van der Waals surface area contributed by atoms with Crippen LogP contribution in [-0.2, 0) is 11.8 Å². The van der Waals surface area contributed by atoms with Crippen molar-refractivity contribution >= 4 is 17.3 Å². The lowest BCUT2D eigenvalue weighted by molar-refractivity contribution is -0.116. The Hall–Kier alpha value is -3.42. The number of amides is 1. The van der Waals surface area contributed by atoms with E-state index in [1.54, 1.807) is 30.8 Å². The summed E-state index contributed by atoms with van der Waals surface area (Å²) in [6.07, 6.45) is 0. The van der Waals surface area contributed by atoms with Crippen LogP contribution >= 0.6 is 0 Å². The number of rotatable bonds is 5. The molecule has 28 heavy (non-hydrogen) atoms. The molecule has 1 heterocycles. The van der Waals surface area contributed by atoms with Gasteiger partial charge in [0.25, 0.3) is 5.56 Å². The first-order chi connectivity index (χ1) is 13.3. The van der Waals surface area contributed by atoms with E-state index < -0.39 is 23.6 Å². The standard InChI is InChI=1S/C20H20F2N4O2/c1-12(19(27)24-17-11-14(21)9-10-16(17)22)23-18-13(2)25(3)26(20(18)28)15-7-5-4-6-8-15/h4-12,23H,1-3H3,(H,24,27). The van der Waals surface area contributed by atoms with Crippen molar-refractivity contribution in [2.24, 2.45) is 7.05 Å². The highest BCUT2D eigenvalue weighted by molar-refractivity contribution is 5.96. The summed E-state index contributed by atoms with van der Waals surface area (Å²) >= 11 is 0. The molecule has 146 valence electrons. The fraction of sp³-hybridized carbons (Fsp3) is 0.200. The van der Waals surface area contributed by atoms with Crippen molar-refractivity contribution in [3.63, 3.8) is 0 Å². The first-order valence-corrected chi connectivity index (χ1v) is 8.66. The predicted octanol–water partition coefficient (Wildman–Crippen LogP) is 3.20. The first kappa shape index (κ1) is 19.3. The molecular weight excluding hydrogens is 366 g/mol. The van der Waals surface area contributed by atoms with Crippen molar-refractivity contribution < 1.29 is 13.6 Å². The largest absolute Gasteiger partial charge is 0.368 e. The minimum absolute atomic E-state index is 0.258. The van der Waals surface area contributed by atoms with E-state index in [1.807, 2.05) is 18.2 Å². The molecule has 0 bridgehead atoms.